The normalized spacial score (nSPS) is 12.3. The number of hydrogen-bond donors (Lipinski definition) is 1. The highest BCUT2D eigenvalue weighted by atomic mass is 35.5. The highest BCUT2D eigenvalue weighted by molar-refractivity contribution is 6.30. The summed E-state index contributed by atoms with van der Waals surface area (Å²) < 4.78 is 6.09. The lowest BCUT2D eigenvalue weighted by atomic mass is 9.82. The minimum atomic E-state index is 0.0365. The standard InChI is InChI=1S/C23H32ClNO/c1-17-7-9-18(10-8-17)15-26-21-12-11-20(24)13-19(21)14-25-23(5,6)16-22(2,3)4/h7-13,25H,14-16H2,1-6H3. The minimum Gasteiger partial charge on any atom is -0.489 e. The minimum absolute atomic E-state index is 0.0365. The molecule has 0 aromatic heterocycles. The zero-order valence-corrected chi connectivity index (χ0v) is 17.7. The summed E-state index contributed by atoms with van der Waals surface area (Å²) in [6.45, 7) is 14.7. The van der Waals surface area contributed by atoms with Crippen LogP contribution in [0.2, 0.25) is 5.02 Å². The Morgan fingerprint density at radius 1 is 0.962 bits per heavy atom. The van der Waals surface area contributed by atoms with Gasteiger partial charge in [-0.15, -0.1) is 0 Å². The molecule has 0 spiro atoms. The van der Waals surface area contributed by atoms with Crippen LogP contribution in [0, 0.1) is 12.3 Å². The summed E-state index contributed by atoms with van der Waals surface area (Å²) in [6, 6.07) is 14.3. The van der Waals surface area contributed by atoms with Crippen LogP contribution in [-0.2, 0) is 13.2 Å². The van der Waals surface area contributed by atoms with E-state index in [0.29, 0.717) is 6.61 Å². The molecule has 2 aromatic carbocycles. The molecule has 26 heavy (non-hydrogen) atoms. The Bertz CT molecular complexity index is 714. The molecule has 0 amide bonds. The van der Waals surface area contributed by atoms with Gasteiger partial charge < -0.3 is 10.1 Å². The highest BCUT2D eigenvalue weighted by Gasteiger charge is 2.25. The average molecular weight is 374 g/mol. The predicted molar refractivity (Wildman–Crippen MR) is 112 cm³/mol. The molecule has 0 aliphatic heterocycles. The van der Waals surface area contributed by atoms with Gasteiger partial charge in [-0.2, -0.15) is 0 Å². The quantitative estimate of drug-likeness (QED) is 0.595. The van der Waals surface area contributed by atoms with Crippen molar-refractivity contribution < 1.29 is 4.74 Å². The number of hydrogen-bond acceptors (Lipinski definition) is 2. The van der Waals surface area contributed by atoms with Gasteiger partial charge in [0.05, 0.1) is 0 Å². The molecule has 0 aliphatic carbocycles. The van der Waals surface area contributed by atoms with Crippen molar-refractivity contribution in [2.24, 2.45) is 5.41 Å². The van der Waals surface area contributed by atoms with Crippen molar-refractivity contribution in [1.29, 1.82) is 0 Å². The zero-order valence-electron chi connectivity index (χ0n) is 16.9. The van der Waals surface area contributed by atoms with E-state index in [1.807, 2.05) is 18.2 Å². The van der Waals surface area contributed by atoms with Crippen molar-refractivity contribution in [2.75, 3.05) is 0 Å². The van der Waals surface area contributed by atoms with Crippen molar-refractivity contribution in [2.45, 2.75) is 66.7 Å². The first kappa shape index (κ1) is 20.8. The van der Waals surface area contributed by atoms with Crippen molar-refractivity contribution in [1.82, 2.24) is 5.32 Å². The van der Waals surface area contributed by atoms with Crippen molar-refractivity contribution in [3.05, 3.63) is 64.2 Å². The van der Waals surface area contributed by atoms with Gasteiger partial charge in [0.25, 0.3) is 0 Å². The Balaban J connectivity index is 2.05. The number of nitrogens with one attached hydrogen (secondary N) is 1. The molecule has 0 saturated carbocycles. The number of ether oxygens (including phenoxy) is 1. The lowest BCUT2D eigenvalue weighted by Gasteiger charge is -2.33. The van der Waals surface area contributed by atoms with E-state index < -0.39 is 0 Å². The zero-order chi connectivity index (χ0) is 19.4. The average Bonchev–Trinajstić information content (AvgIpc) is 2.51. The molecule has 0 heterocycles. The Morgan fingerprint density at radius 3 is 2.23 bits per heavy atom. The van der Waals surface area contributed by atoms with Crippen LogP contribution in [0.3, 0.4) is 0 Å². The maximum atomic E-state index is 6.22. The largest absolute Gasteiger partial charge is 0.489 e. The van der Waals surface area contributed by atoms with Gasteiger partial charge in [-0.3, -0.25) is 0 Å². The van der Waals surface area contributed by atoms with Gasteiger partial charge in [0.1, 0.15) is 12.4 Å². The lowest BCUT2D eigenvalue weighted by Crippen LogP contribution is -2.41. The predicted octanol–water partition coefficient (Wildman–Crippen LogP) is 6.53. The van der Waals surface area contributed by atoms with Gasteiger partial charge in [0, 0.05) is 22.7 Å². The summed E-state index contributed by atoms with van der Waals surface area (Å²) in [7, 11) is 0. The third kappa shape index (κ3) is 7.01. The van der Waals surface area contributed by atoms with Gasteiger partial charge in [-0.1, -0.05) is 62.2 Å². The molecule has 0 bridgehead atoms. The first-order valence-electron chi connectivity index (χ1n) is 9.26. The molecule has 0 aliphatic rings. The van der Waals surface area contributed by atoms with E-state index in [1.54, 1.807) is 0 Å². The molecule has 0 saturated heterocycles. The fourth-order valence-electron chi connectivity index (χ4n) is 3.40. The molecule has 1 N–H and O–H groups in total. The van der Waals surface area contributed by atoms with E-state index in [1.165, 1.54) is 5.56 Å². The topological polar surface area (TPSA) is 21.3 Å². The maximum Gasteiger partial charge on any atom is 0.124 e. The molecule has 2 nitrogen and oxygen atoms in total. The van der Waals surface area contributed by atoms with E-state index in [0.717, 1.165) is 34.9 Å². The molecule has 3 heteroatoms. The fourth-order valence-corrected chi connectivity index (χ4v) is 3.59. The van der Waals surface area contributed by atoms with E-state index in [2.05, 4.69) is 71.1 Å². The molecule has 142 valence electrons. The Morgan fingerprint density at radius 2 is 1.62 bits per heavy atom. The highest BCUT2D eigenvalue weighted by Crippen LogP contribution is 2.29. The smallest absolute Gasteiger partial charge is 0.124 e. The monoisotopic (exact) mass is 373 g/mol. The van der Waals surface area contributed by atoms with Crippen LogP contribution in [0.4, 0.5) is 0 Å². The van der Waals surface area contributed by atoms with Crippen LogP contribution in [0.25, 0.3) is 0 Å². The van der Waals surface area contributed by atoms with Crippen molar-refractivity contribution in [3.63, 3.8) is 0 Å². The molecule has 2 aromatic rings. The Kier molecular flexibility index (Phi) is 6.76. The van der Waals surface area contributed by atoms with Gasteiger partial charge in [0.15, 0.2) is 0 Å². The summed E-state index contributed by atoms with van der Waals surface area (Å²) in [6.07, 6.45) is 1.08. The summed E-state index contributed by atoms with van der Waals surface area (Å²) in [5.74, 6) is 0.883. The van der Waals surface area contributed by atoms with Crippen LogP contribution in [-0.4, -0.2) is 5.54 Å². The van der Waals surface area contributed by atoms with Crippen LogP contribution in [0.5, 0.6) is 5.75 Å². The number of halogens is 1. The van der Waals surface area contributed by atoms with Crippen LogP contribution < -0.4 is 10.1 Å². The summed E-state index contributed by atoms with van der Waals surface area (Å²) >= 11 is 6.22. The molecular formula is C23H32ClNO. The molecular weight excluding hydrogens is 342 g/mol. The van der Waals surface area contributed by atoms with Crippen LogP contribution in [0.15, 0.2) is 42.5 Å². The Hall–Kier alpha value is -1.51. The summed E-state index contributed by atoms with van der Waals surface area (Å²) in [5, 5.41) is 4.40. The first-order valence-corrected chi connectivity index (χ1v) is 9.64. The second-order valence-corrected chi connectivity index (χ2v) is 9.44. The molecule has 2 rings (SSSR count). The Labute approximate surface area is 163 Å². The number of benzene rings is 2. The van der Waals surface area contributed by atoms with Gasteiger partial charge in [-0.05, 0) is 56.4 Å². The maximum absolute atomic E-state index is 6.22. The second kappa shape index (κ2) is 8.45. The van der Waals surface area contributed by atoms with Crippen molar-refractivity contribution in [3.8, 4) is 5.75 Å². The van der Waals surface area contributed by atoms with Crippen LogP contribution in [0.1, 0.15) is 57.7 Å². The molecule has 0 atom stereocenters. The van der Waals surface area contributed by atoms with Gasteiger partial charge >= 0.3 is 0 Å². The van der Waals surface area contributed by atoms with E-state index in [4.69, 9.17) is 16.3 Å². The second-order valence-electron chi connectivity index (χ2n) is 9.00. The van der Waals surface area contributed by atoms with Crippen LogP contribution >= 0.6 is 11.6 Å². The SMILES string of the molecule is Cc1ccc(COc2ccc(Cl)cc2CNC(C)(C)CC(C)(C)C)cc1. The van der Waals surface area contributed by atoms with Gasteiger partial charge in [-0.25, -0.2) is 0 Å². The van der Waals surface area contributed by atoms with Crippen molar-refractivity contribution >= 4 is 11.6 Å². The number of rotatable bonds is 7. The summed E-state index contributed by atoms with van der Waals surface area (Å²) in [4.78, 5) is 0. The lowest BCUT2D eigenvalue weighted by molar-refractivity contribution is 0.238. The first-order chi connectivity index (χ1) is 12.0. The van der Waals surface area contributed by atoms with E-state index >= 15 is 0 Å². The summed E-state index contributed by atoms with van der Waals surface area (Å²) in [5.41, 5.74) is 3.82. The molecule has 0 unspecified atom stereocenters. The van der Waals surface area contributed by atoms with E-state index in [9.17, 15) is 0 Å². The third-order valence-electron chi connectivity index (χ3n) is 4.27. The fraction of sp³-hybridized carbons (Fsp3) is 0.478. The number of aryl methyl sites for hydroxylation is 1. The van der Waals surface area contributed by atoms with E-state index in [-0.39, 0.29) is 11.0 Å². The molecule has 0 fully saturated rings. The molecule has 0 radical (unpaired) electrons. The van der Waals surface area contributed by atoms with Gasteiger partial charge in [0.2, 0.25) is 0 Å². The third-order valence-corrected chi connectivity index (χ3v) is 4.50.